The van der Waals surface area contributed by atoms with Crippen molar-refractivity contribution in [2.45, 2.75) is 20.3 Å². The smallest absolute Gasteiger partial charge is 0.339 e. The van der Waals surface area contributed by atoms with E-state index in [0.717, 1.165) is 17.6 Å². The Kier molecular flexibility index (Phi) is 2.49. The second-order valence-corrected chi connectivity index (χ2v) is 2.78. The molecular weight excluding hydrogens is 208 g/mol. The lowest BCUT2D eigenvalue weighted by molar-refractivity contribution is -0.133. The van der Waals surface area contributed by atoms with Crippen LogP contribution in [0.4, 0.5) is 0 Å². The van der Waals surface area contributed by atoms with E-state index in [9.17, 15) is 4.79 Å². The molecule has 0 N–H and O–H groups in total. The van der Waals surface area contributed by atoms with Gasteiger partial charge in [-0.2, -0.15) is 0 Å². The van der Waals surface area contributed by atoms with Crippen LogP contribution < -0.4 is 0 Å². The van der Waals surface area contributed by atoms with Crippen LogP contribution in [0, 0.1) is 0 Å². The van der Waals surface area contributed by atoms with Crippen LogP contribution in [0.25, 0.3) is 0 Å². The zero-order valence-corrected chi connectivity index (χ0v) is 8.06. The summed E-state index contributed by atoms with van der Waals surface area (Å²) in [5, 5.41) is 0. The molecule has 0 radical (unpaired) electrons. The minimum Gasteiger partial charge on any atom is -0.422 e. The molecule has 0 unspecified atom stereocenters. The van der Waals surface area contributed by atoms with Crippen LogP contribution in [0.5, 0.6) is 0 Å². The molecule has 0 aromatic rings. The second kappa shape index (κ2) is 3.22. The average Bonchev–Trinajstić information content (AvgIpc) is 2.26. The third-order valence-corrected chi connectivity index (χ3v) is 2.14. The zero-order chi connectivity index (χ0) is 8.43. The second-order valence-electron chi connectivity index (χ2n) is 2.32. The fraction of sp³-hybridized carbons (Fsp3) is 0.375. The standard InChI is InChI=1S/C8H9BrO2/c1-3-6-5(2)7(4-9)11-8(6)10/h4H,3H2,1-2H3. The number of rotatable bonds is 1. The Balaban J connectivity index is 3.04. The molecule has 1 aliphatic heterocycles. The normalized spacial score (nSPS) is 21.4. The van der Waals surface area contributed by atoms with Gasteiger partial charge in [-0.05, 0) is 13.3 Å². The third kappa shape index (κ3) is 1.38. The Morgan fingerprint density at radius 3 is 2.55 bits per heavy atom. The zero-order valence-electron chi connectivity index (χ0n) is 6.48. The molecule has 0 saturated heterocycles. The van der Waals surface area contributed by atoms with Crippen molar-refractivity contribution in [2.75, 3.05) is 0 Å². The number of allylic oxidation sites excluding steroid dienone is 1. The van der Waals surface area contributed by atoms with Gasteiger partial charge < -0.3 is 4.74 Å². The maximum atomic E-state index is 11.0. The van der Waals surface area contributed by atoms with Crippen LogP contribution in [-0.4, -0.2) is 5.97 Å². The summed E-state index contributed by atoms with van der Waals surface area (Å²) in [6.45, 7) is 3.83. The van der Waals surface area contributed by atoms with E-state index in [-0.39, 0.29) is 5.97 Å². The van der Waals surface area contributed by atoms with E-state index in [0.29, 0.717) is 5.76 Å². The predicted molar refractivity (Wildman–Crippen MR) is 46.1 cm³/mol. The van der Waals surface area contributed by atoms with Gasteiger partial charge in [0, 0.05) is 16.1 Å². The SMILES string of the molecule is CCC1=C(C)C(=CBr)OC1=O. The van der Waals surface area contributed by atoms with Crippen molar-refractivity contribution in [1.82, 2.24) is 0 Å². The van der Waals surface area contributed by atoms with E-state index in [2.05, 4.69) is 15.9 Å². The molecule has 0 fully saturated rings. The van der Waals surface area contributed by atoms with Gasteiger partial charge >= 0.3 is 5.97 Å². The van der Waals surface area contributed by atoms with E-state index in [4.69, 9.17) is 4.74 Å². The molecule has 0 aromatic heterocycles. The maximum absolute atomic E-state index is 11.0. The number of carbonyl (C=O) groups is 1. The molecule has 1 rings (SSSR count). The van der Waals surface area contributed by atoms with Gasteiger partial charge in [0.1, 0.15) is 5.76 Å². The number of hydrogen-bond donors (Lipinski definition) is 0. The summed E-state index contributed by atoms with van der Waals surface area (Å²) in [7, 11) is 0. The Morgan fingerprint density at radius 1 is 1.64 bits per heavy atom. The Morgan fingerprint density at radius 2 is 2.27 bits per heavy atom. The number of hydrogen-bond acceptors (Lipinski definition) is 2. The Bertz CT molecular complexity index is 251. The molecular formula is C8H9BrO2. The van der Waals surface area contributed by atoms with E-state index in [1.807, 2.05) is 13.8 Å². The van der Waals surface area contributed by atoms with Crippen LogP contribution in [0.2, 0.25) is 0 Å². The fourth-order valence-corrected chi connectivity index (χ4v) is 1.49. The summed E-state index contributed by atoms with van der Waals surface area (Å²) in [5.74, 6) is 0.419. The van der Waals surface area contributed by atoms with Crippen molar-refractivity contribution in [2.24, 2.45) is 0 Å². The first-order valence-corrected chi connectivity index (χ1v) is 4.35. The number of cyclic esters (lactones) is 1. The fourth-order valence-electron chi connectivity index (χ4n) is 1.05. The first kappa shape index (κ1) is 8.53. The van der Waals surface area contributed by atoms with Gasteiger partial charge in [0.15, 0.2) is 0 Å². The predicted octanol–water partition coefficient (Wildman–Crippen LogP) is 2.51. The number of ether oxygens (including phenoxy) is 1. The van der Waals surface area contributed by atoms with Crippen LogP contribution in [-0.2, 0) is 9.53 Å². The lowest BCUT2D eigenvalue weighted by Gasteiger charge is -1.93. The first-order valence-electron chi connectivity index (χ1n) is 3.43. The van der Waals surface area contributed by atoms with E-state index >= 15 is 0 Å². The number of halogens is 1. The van der Waals surface area contributed by atoms with Crippen LogP contribution in [0.15, 0.2) is 21.9 Å². The van der Waals surface area contributed by atoms with Gasteiger partial charge in [-0.1, -0.05) is 22.9 Å². The summed E-state index contributed by atoms with van der Waals surface area (Å²) in [4.78, 5) is 12.7. The van der Waals surface area contributed by atoms with Crippen LogP contribution >= 0.6 is 15.9 Å². The highest BCUT2D eigenvalue weighted by Gasteiger charge is 2.24. The van der Waals surface area contributed by atoms with Crippen molar-refractivity contribution >= 4 is 21.9 Å². The number of carbonyl (C=O) groups excluding carboxylic acids is 1. The van der Waals surface area contributed by atoms with Crippen LogP contribution in [0.1, 0.15) is 20.3 Å². The Labute approximate surface area is 74.1 Å². The van der Waals surface area contributed by atoms with Crippen LogP contribution in [0.3, 0.4) is 0 Å². The van der Waals surface area contributed by atoms with Gasteiger partial charge in [0.25, 0.3) is 0 Å². The molecule has 11 heavy (non-hydrogen) atoms. The quantitative estimate of drug-likeness (QED) is 0.630. The van der Waals surface area contributed by atoms with Gasteiger partial charge in [-0.25, -0.2) is 4.79 Å². The molecule has 0 atom stereocenters. The van der Waals surface area contributed by atoms with Crippen molar-refractivity contribution in [3.05, 3.63) is 21.9 Å². The molecule has 0 aliphatic carbocycles. The van der Waals surface area contributed by atoms with Gasteiger partial charge in [0.05, 0.1) is 0 Å². The lowest BCUT2D eigenvalue weighted by atomic mass is 10.1. The summed E-state index contributed by atoms with van der Waals surface area (Å²) in [5.41, 5.74) is 1.71. The molecule has 0 amide bonds. The highest BCUT2D eigenvalue weighted by molar-refractivity contribution is 9.11. The van der Waals surface area contributed by atoms with Crippen molar-refractivity contribution in [3.8, 4) is 0 Å². The van der Waals surface area contributed by atoms with Gasteiger partial charge in [-0.3, -0.25) is 0 Å². The highest BCUT2D eigenvalue weighted by Crippen LogP contribution is 2.27. The van der Waals surface area contributed by atoms with Crippen molar-refractivity contribution in [1.29, 1.82) is 0 Å². The molecule has 0 saturated carbocycles. The molecule has 2 nitrogen and oxygen atoms in total. The van der Waals surface area contributed by atoms with Gasteiger partial charge in [-0.15, -0.1) is 0 Å². The number of esters is 1. The summed E-state index contributed by atoms with van der Waals surface area (Å²) in [6, 6.07) is 0. The monoisotopic (exact) mass is 216 g/mol. The summed E-state index contributed by atoms with van der Waals surface area (Å²) < 4.78 is 4.93. The molecule has 0 spiro atoms. The van der Waals surface area contributed by atoms with Crippen molar-refractivity contribution in [3.63, 3.8) is 0 Å². The molecule has 3 heteroatoms. The minimum atomic E-state index is -0.212. The topological polar surface area (TPSA) is 26.3 Å². The first-order chi connectivity index (χ1) is 5.20. The van der Waals surface area contributed by atoms with E-state index in [1.54, 1.807) is 4.99 Å². The molecule has 60 valence electrons. The Hall–Kier alpha value is -0.570. The largest absolute Gasteiger partial charge is 0.422 e. The minimum absolute atomic E-state index is 0.212. The summed E-state index contributed by atoms with van der Waals surface area (Å²) >= 11 is 3.13. The van der Waals surface area contributed by atoms with Gasteiger partial charge in [0.2, 0.25) is 0 Å². The highest BCUT2D eigenvalue weighted by atomic mass is 79.9. The maximum Gasteiger partial charge on any atom is 0.339 e. The van der Waals surface area contributed by atoms with Crippen molar-refractivity contribution < 1.29 is 9.53 Å². The molecule has 0 aromatic carbocycles. The third-order valence-electron chi connectivity index (χ3n) is 1.72. The average molecular weight is 217 g/mol. The molecule has 1 aliphatic rings. The molecule has 1 heterocycles. The van der Waals surface area contributed by atoms with E-state index < -0.39 is 0 Å². The van der Waals surface area contributed by atoms with E-state index in [1.165, 1.54) is 0 Å². The summed E-state index contributed by atoms with van der Waals surface area (Å²) in [6.07, 6.45) is 0.731. The molecule has 0 bridgehead atoms. The lowest BCUT2D eigenvalue weighted by Crippen LogP contribution is -1.96.